The maximum Gasteiger partial charge on any atom is 0.173 e. The standard InChI is InChI=1S/C15H21ClFN3O2S2/c1-19(2)6-7-20(12-5-8-24(21,22)10-12)15(23)18-11-3-4-14(17)13(16)9-11/h3-4,9,12H,5-8,10H2,1-2H3,(H,18,23)/t12-/m1/s1. The van der Waals surface area contributed by atoms with Gasteiger partial charge in [-0.1, -0.05) is 11.6 Å². The molecule has 0 radical (unpaired) electrons. The summed E-state index contributed by atoms with van der Waals surface area (Å²) in [6, 6.07) is 4.12. The van der Waals surface area contributed by atoms with Crippen molar-refractivity contribution in [2.24, 2.45) is 0 Å². The molecule has 0 aliphatic carbocycles. The van der Waals surface area contributed by atoms with E-state index in [1.807, 2.05) is 23.9 Å². The zero-order chi connectivity index (χ0) is 17.9. The Balaban J connectivity index is 2.12. The van der Waals surface area contributed by atoms with E-state index in [1.54, 1.807) is 6.07 Å². The van der Waals surface area contributed by atoms with Crippen LogP contribution in [0.4, 0.5) is 10.1 Å². The van der Waals surface area contributed by atoms with Crippen LogP contribution in [0.25, 0.3) is 0 Å². The minimum Gasteiger partial charge on any atom is -0.344 e. The molecule has 1 aliphatic heterocycles. The van der Waals surface area contributed by atoms with E-state index in [0.29, 0.717) is 23.8 Å². The largest absolute Gasteiger partial charge is 0.344 e. The fraction of sp³-hybridized carbons (Fsp3) is 0.533. The molecule has 24 heavy (non-hydrogen) atoms. The number of halogens is 2. The lowest BCUT2D eigenvalue weighted by Crippen LogP contribution is -2.46. The van der Waals surface area contributed by atoms with Crippen molar-refractivity contribution in [1.29, 1.82) is 0 Å². The van der Waals surface area contributed by atoms with Gasteiger partial charge in [0.2, 0.25) is 0 Å². The quantitative estimate of drug-likeness (QED) is 0.774. The second kappa shape index (κ2) is 7.95. The number of sulfone groups is 1. The summed E-state index contributed by atoms with van der Waals surface area (Å²) >= 11 is 11.2. The van der Waals surface area contributed by atoms with Crippen LogP contribution < -0.4 is 5.32 Å². The molecule has 134 valence electrons. The Bertz CT molecular complexity index is 713. The molecule has 0 unspecified atom stereocenters. The number of hydrogen-bond donors (Lipinski definition) is 1. The van der Waals surface area contributed by atoms with Gasteiger partial charge in [0, 0.05) is 24.8 Å². The fourth-order valence-electron chi connectivity index (χ4n) is 2.55. The van der Waals surface area contributed by atoms with E-state index in [-0.39, 0.29) is 22.6 Å². The van der Waals surface area contributed by atoms with Crippen molar-refractivity contribution < 1.29 is 12.8 Å². The van der Waals surface area contributed by atoms with Crippen molar-refractivity contribution >= 4 is 44.5 Å². The first-order valence-corrected chi connectivity index (χ1v) is 10.2. The van der Waals surface area contributed by atoms with Crippen LogP contribution in [0.3, 0.4) is 0 Å². The number of likely N-dealkylation sites (N-methyl/N-ethyl adjacent to an activating group) is 1. The number of hydrogen-bond acceptors (Lipinski definition) is 4. The molecular weight excluding hydrogens is 373 g/mol. The van der Waals surface area contributed by atoms with Crippen molar-refractivity contribution in [2.75, 3.05) is 44.0 Å². The van der Waals surface area contributed by atoms with Crippen molar-refractivity contribution in [3.8, 4) is 0 Å². The summed E-state index contributed by atoms with van der Waals surface area (Å²) in [6.07, 6.45) is 0.557. The van der Waals surface area contributed by atoms with Gasteiger partial charge in [0.25, 0.3) is 0 Å². The molecule has 0 aromatic heterocycles. The van der Waals surface area contributed by atoms with Crippen LogP contribution in [0.15, 0.2) is 18.2 Å². The molecule has 0 bridgehead atoms. The number of nitrogens with zero attached hydrogens (tertiary/aromatic N) is 2. The van der Waals surface area contributed by atoms with E-state index in [0.717, 1.165) is 6.54 Å². The molecule has 1 heterocycles. The minimum absolute atomic E-state index is 0.00563. The van der Waals surface area contributed by atoms with Crippen molar-refractivity contribution in [3.05, 3.63) is 29.0 Å². The van der Waals surface area contributed by atoms with Gasteiger partial charge in [-0.3, -0.25) is 0 Å². The number of benzene rings is 1. The Labute approximate surface area is 152 Å². The third-order valence-electron chi connectivity index (χ3n) is 3.87. The lowest BCUT2D eigenvalue weighted by atomic mass is 10.2. The highest BCUT2D eigenvalue weighted by Crippen LogP contribution is 2.22. The molecule has 1 saturated heterocycles. The van der Waals surface area contributed by atoms with Crippen molar-refractivity contribution in [2.45, 2.75) is 12.5 Å². The van der Waals surface area contributed by atoms with E-state index in [2.05, 4.69) is 5.32 Å². The summed E-state index contributed by atoms with van der Waals surface area (Å²) in [7, 11) is 0.877. The van der Waals surface area contributed by atoms with Crippen LogP contribution in [0.2, 0.25) is 5.02 Å². The van der Waals surface area contributed by atoms with Gasteiger partial charge in [0.05, 0.1) is 16.5 Å². The Morgan fingerprint density at radius 3 is 2.67 bits per heavy atom. The molecule has 1 aromatic carbocycles. The fourth-order valence-corrected chi connectivity index (χ4v) is 4.82. The molecule has 1 aliphatic rings. The number of thiocarbonyl (C=S) groups is 1. The van der Waals surface area contributed by atoms with E-state index >= 15 is 0 Å². The smallest absolute Gasteiger partial charge is 0.173 e. The summed E-state index contributed by atoms with van der Waals surface area (Å²) in [6.45, 7) is 1.34. The normalized spacial score (nSPS) is 19.5. The Hall–Kier alpha value is -0.960. The molecule has 1 N–H and O–H groups in total. The molecule has 1 aromatic rings. The second-order valence-corrected chi connectivity index (χ2v) is 9.14. The highest BCUT2D eigenvalue weighted by atomic mass is 35.5. The van der Waals surface area contributed by atoms with Gasteiger partial charge in [-0.25, -0.2) is 12.8 Å². The average molecular weight is 394 g/mol. The second-order valence-electron chi connectivity index (χ2n) is 6.11. The van der Waals surface area contributed by atoms with E-state index in [1.165, 1.54) is 12.1 Å². The van der Waals surface area contributed by atoms with Crippen LogP contribution >= 0.6 is 23.8 Å². The Morgan fingerprint density at radius 1 is 1.42 bits per heavy atom. The van der Waals surface area contributed by atoms with Crippen LogP contribution in [0.1, 0.15) is 6.42 Å². The predicted octanol–water partition coefficient (Wildman–Crippen LogP) is 2.23. The van der Waals surface area contributed by atoms with E-state index in [9.17, 15) is 12.8 Å². The maximum absolute atomic E-state index is 13.3. The maximum atomic E-state index is 13.3. The lowest BCUT2D eigenvalue weighted by Gasteiger charge is -2.32. The highest BCUT2D eigenvalue weighted by Gasteiger charge is 2.33. The molecule has 1 fully saturated rings. The Kier molecular flexibility index (Phi) is 6.41. The summed E-state index contributed by atoms with van der Waals surface area (Å²) in [5.74, 6) is -0.215. The summed E-state index contributed by atoms with van der Waals surface area (Å²) in [5, 5.41) is 3.45. The predicted molar refractivity (Wildman–Crippen MR) is 99.9 cm³/mol. The van der Waals surface area contributed by atoms with Gasteiger partial charge in [-0.2, -0.15) is 0 Å². The number of nitrogens with one attached hydrogen (secondary N) is 1. The third-order valence-corrected chi connectivity index (χ3v) is 6.25. The first kappa shape index (κ1) is 19.4. The molecule has 1 atom stereocenters. The molecule has 2 rings (SSSR count). The topological polar surface area (TPSA) is 52.6 Å². The Morgan fingerprint density at radius 2 is 2.12 bits per heavy atom. The first-order chi connectivity index (χ1) is 11.2. The molecule has 0 amide bonds. The van der Waals surface area contributed by atoms with E-state index < -0.39 is 15.7 Å². The summed E-state index contributed by atoms with van der Waals surface area (Å²) in [5.41, 5.74) is 0.571. The highest BCUT2D eigenvalue weighted by molar-refractivity contribution is 7.91. The number of anilines is 1. The molecule has 5 nitrogen and oxygen atoms in total. The van der Waals surface area contributed by atoms with Crippen molar-refractivity contribution in [1.82, 2.24) is 9.80 Å². The summed E-state index contributed by atoms with van der Waals surface area (Å²) < 4.78 is 36.8. The molecule has 0 saturated carbocycles. The molecular formula is C15H21ClFN3O2S2. The zero-order valence-electron chi connectivity index (χ0n) is 13.6. The van der Waals surface area contributed by atoms with E-state index in [4.69, 9.17) is 23.8 Å². The lowest BCUT2D eigenvalue weighted by molar-refractivity contribution is 0.289. The zero-order valence-corrected chi connectivity index (χ0v) is 16.0. The van der Waals surface area contributed by atoms with Gasteiger partial charge >= 0.3 is 0 Å². The SMILES string of the molecule is CN(C)CCN(C(=S)Nc1ccc(F)c(Cl)c1)[C@@H]1CCS(=O)(=O)C1. The minimum atomic E-state index is -3.01. The first-order valence-electron chi connectivity index (χ1n) is 7.56. The van der Waals surface area contributed by atoms with Gasteiger partial charge in [-0.05, 0) is 50.9 Å². The van der Waals surface area contributed by atoms with Crippen LogP contribution in [-0.4, -0.2) is 68.1 Å². The van der Waals surface area contributed by atoms with Gasteiger partial charge < -0.3 is 15.1 Å². The average Bonchev–Trinajstić information content (AvgIpc) is 2.83. The third kappa shape index (κ3) is 5.27. The van der Waals surface area contributed by atoms with Gasteiger partial charge in [-0.15, -0.1) is 0 Å². The number of rotatable bonds is 5. The monoisotopic (exact) mass is 393 g/mol. The van der Waals surface area contributed by atoms with Crippen molar-refractivity contribution in [3.63, 3.8) is 0 Å². The van der Waals surface area contributed by atoms with Crippen LogP contribution in [-0.2, 0) is 9.84 Å². The van der Waals surface area contributed by atoms with Crippen LogP contribution in [0.5, 0.6) is 0 Å². The van der Waals surface area contributed by atoms with Crippen LogP contribution in [0, 0.1) is 5.82 Å². The molecule has 9 heteroatoms. The van der Waals surface area contributed by atoms with Gasteiger partial charge in [0.15, 0.2) is 14.9 Å². The van der Waals surface area contributed by atoms with Gasteiger partial charge in [0.1, 0.15) is 5.82 Å². The summed E-state index contributed by atoms with van der Waals surface area (Å²) in [4.78, 5) is 3.91. The molecule has 0 spiro atoms.